The first-order valence-corrected chi connectivity index (χ1v) is 12.9. The van der Waals surface area contributed by atoms with Crippen LogP contribution in [0.3, 0.4) is 0 Å². The van der Waals surface area contributed by atoms with Crippen molar-refractivity contribution in [2.45, 2.75) is 111 Å². The Morgan fingerprint density at radius 1 is 1.09 bits per heavy atom. The van der Waals surface area contributed by atoms with Gasteiger partial charge in [-0.15, -0.1) is 0 Å². The van der Waals surface area contributed by atoms with Crippen LogP contribution in [-0.4, -0.2) is 48.5 Å². The van der Waals surface area contributed by atoms with Gasteiger partial charge in [-0.05, 0) is 13.3 Å². The first-order chi connectivity index (χ1) is 15.6. The minimum atomic E-state index is -0.634. The number of quaternary nitrogens is 1. The van der Waals surface area contributed by atoms with Crippen LogP contribution in [0, 0.1) is 6.92 Å². The lowest BCUT2D eigenvalue weighted by atomic mass is 10.1. The van der Waals surface area contributed by atoms with Crippen molar-refractivity contribution < 1.29 is 23.5 Å². The summed E-state index contributed by atoms with van der Waals surface area (Å²) in [4.78, 5) is 16.7. The van der Waals surface area contributed by atoms with Crippen LogP contribution in [0.5, 0.6) is 5.75 Å². The predicted octanol–water partition coefficient (Wildman–Crippen LogP) is 6.08. The average Bonchev–Trinajstić information content (AvgIpc) is 2.74. The van der Waals surface area contributed by atoms with Crippen LogP contribution in [0.25, 0.3) is 0 Å². The Morgan fingerprint density at radius 3 is 2.39 bits per heavy atom. The number of carbonyl (C=O) groups is 1. The third kappa shape index (κ3) is 10.0. The lowest BCUT2D eigenvalue weighted by Gasteiger charge is -2.35. The van der Waals surface area contributed by atoms with E-state index in [0.29, 0.717) is 24.1 Å². The Morgan fingerprint density at radius 2 is 1.73 bits per heavy atom. The fourth-order valence-corrected chi connectivity index (χ4v) is 4.23. The third-order valence-corrected chi connectivity index (χ3v) is 6.36. The number of unbranched alkanes of at least 4 members (excludes halogenated alkanes) is 8. The van der Waals surface area contributed by atoms with Gasteiger partial charge in [-0.25, -0.2) is 0 Å². The number of pyridine rings is 1. The van der Waals surface area contributed by atoms with Crippen molar-refractivity contribution in [3.05, 3.63) is 23.0 Å². The lowest BCUT2D eigenvalue weighted by Crippen LogP contribution is -2.43. The first-order valence-electron chi connectivity index (χ1n) is 12.9. The zero-order valence-electron chi connectivity index (χ0n) is 22.0. The molecule has 0 amide bonds. The van der Waals surface area contributed by atoms with Crippen LogP contribution in [0.1, 0.15) is 102 Å². The van der Waals surface area contributed by atoms with E-state index in [-0.39, 0.29) is 5.97 Å². The molecule has 0 radical (unpaired) electrons. The molecule has 6 heteroatoms. The van der Waals surface area contributed by atoms with Gasteiger partial charge in [0.05, 0.1) is 26.4 Å². The molecule has 2 heterocycles. The number of likely N-dealkylation sites (N-methyl/N-ethyl adjacent to an activating group) is 1. The average molecular weight is 464 g/mol. The summed E-state index contributed by atoms with van der Waals surface area (Å²) in [5.74, 6) is 0.137. The predicted molar refractivity (Wildman–Crippen MR) is 132 cm³/mol. The van der Waals surface area contributed by atoms with Gasteiger partial charge in [0.15, 0.2) is 0 Å². The molecule has 0 bridgehead atoms. The number of hydrogen-bond donors (Lipinski definition) is 0. The van der Waals surface area contributed by atoms with Crippen molar-refractivity contribution in [1.82, 2.24) is 4.98 Å². The highest BCUT2D eigenvalue weighted by molar-refractivity contribution is 5.69. The van der Waals surface area contributed by atoms with Crippen molar-refractivity contribution in [3.63, 3.8) is 0 Å². The van der Waals surface area contributed by atoms with E-state index in [4.69, 9.17) is 14.2 Å². The molecule has 0 aromatic carbocycles. The molecule has 1 aliphatic heterocycles. The molecule has 1 aliphatic rings. The highest BCUT2D eigenvalue weighted by atomic mass is 16.7. The molecule has 6 nitrogen and oxygen atoms in total. The van der Waals surface area contributed by atoms with Crippen molar-refractivity contribution in [2.24, 2.45) is 0 Å². The van der Waals surface area contributed by atoms with Gasteiger partial charge in [0.2, 0.25) is 5.79 Å². The lowest BCUT2D eigenvalue weighted by molar-refractivity contribution is -0.903. The number of aryl methyl sites for hydroxylation is 1. The molecule has 0 aliphatic carbocycles. The Kier molecular flexibility index (Phi) is 11.1. The Hall–Kier alpha value is -1.66. The van der Waals surface area contributed by atoms with Gasteiger partial charge in [-0.1, -0.05) is 58.3 Å². The van der Waals surface area contributed by atoms with Crippen molar-refractivity contribution >= 4 is 5.97 Å². The molecule has 1 aromatic heterocycles. The molecule has 188 valence electrons. The number of aromatic nitrogens is 1. The largest absolute Gasteiger partial charge is 0.461 e. The van der Waals surface area contributed by atoms with E-state index in [2.05, 4.69) is 26.0 Å². The highest BCUT2D eigenvalue weighted by Crippen LogP contribution is 2.35. The first kappa shape index (κ1) is 27.6. The van der Waals surface area contributed by atoms with Crippen LogP contribution >= 0.6 is 0 Å². The van der Waals surface area contributed by atoms with Crippen LogP contribution in [0.2, 0.25) is 0 Å². The van der Waals surface area contributed by atoms with Gasteiger partial charge >= 0.3 is 5.97 Å². The van der Waals surface area contributed by atoms with E-state index >= 15 is 0 Å². The van der Waals surface area contributed by atoms with E-state index in [0.717, 1.165) is 48.5 Å². The highest BCUT2D eigenvalue weighted by Gasteiger charge is 2.32. The quantitative estimate of drug-likeness (QED) is 0.179. The molecule has 1 aromatic rings. The summed E-state index contributed by atoms with van der Waals surface area (Å²) >= 11 is 0. The van der Waals surface area contributed by atoms with Crippen LogP contribution in [-0.2, 0) is 27.4 Å². The summed E-state index contributed by atoms with van der Waals surface area (Å²) < 4.78 is 18.1. The minimum absolute atomic E-state index is 0.0728. The van der Waals surface area contributed by atoms with E-state index in [1.165, 1.54) is 44.9 Å². The van der Waals surface area contributed by atoms with Gasteiger partial charge in [0.25, 0.3) is 0 Å². The topological polar surface area (TPSA) is 57.7 Å². The molecule has 0 saturated heterocycles. The van der Waals surface area contributed by atoms with Gasteiger partial charge in [0.1, 0.15) is 25.4 Å². The molecule has 2 rings (SSSR count). The summed E-state index contributed by atoms with van der Waals surface area (Å²) in [7, 11) is 4.30. The van der Waals surface area contributed by atoms with Crippen LogP contribution in [0.15, 0.2) is 6.20 Å². The summed E-state index contributed by atoms with van der Waals surface area (Å²) in [6, 6.07) is 0. The smallest absolute Gasteiger partial charge is 0.305 e. The number of fused-ring (bicyclic) bond motifs is 1. The maximum Gasteiger partial charge on any atom is 0.305 e. The van der Waals surface area contributed by atoms with E-state index in [1.54, 1.807) is 0 Å². The summed E-state index contributed by atoms with van der Waals surface area (Å²) in [6.07, 6.45) is 13.7. The summed E-state index contributed by atoms with van der Waals surface area (Å²) in [6.45, 7) is 10.5. The molecular weight excluding hydrogens is 416 g/mol. The summed E-state index contributed by atoms with van der Waals surface area (Å²) in [5.41, 5.74) is 3.09. The van der Waals surface area contributed by atoms with Gasteiger partial charge in [-0.2, -0.15) is 0 Å². The molecule has 0 spiro atoms. The number of carbonyl (C=O) groups excluding carboxylic acids is 1. The molecule has 0 saturated carbocycles. The van der Waals surface area contributed by atoms with Crippen LogP contribution < -0.4 is 4.74 Å². The standard InChI is InChI=1S/C27H47N2O4/c1-7-8-9-10-11-12-13-14-15-16-25(30)31-18-17-29(5,6)20-23-19-28-22(2)26-24(23)21-32-27(3,4)33-26/h19H,7-18,20-21H2,1-6H3/q+1. The zero-order valence-corrected chi connectivity index (χ0v) is 22.0. The third-order valence-electron chi connectivity index (χ3n) is 6.36. The fourth-order valence-electron chi connectivity index (χ4n) is 4.23. The van der Waals surface area contributed by atoms with E-state index in [1.807, 2.05) is 27.0 Å². The Balaban J connectivity index is 1.68. The van der Waals surface area contributed by atoms with Crippen molar-refractivity contribution in [2.75, 3.05) is 27.2 Å². The SMILES string of the molecule is CCCCCCCCCCCC(=O)OCC[N+](C)(C)Cc1cnc(C)c2c1COC(C)(C)O2. The second-order valence-electron chi connectivity index (χ2n) is 10.6. The maximum absolute atomic E-state index is 12.1. The molecule has 0 fully saturated rings. The van der Waals surface area contributed by atoms with Gasteiger partial charge < -0.3 is 18.7 Å². The number of hydrogen-bond acceptors (Lipinski definition) is 5. The number of esters is 1. The Bertz CT molecular complexity index is 746. The minimum Gasteiger partial charge on any atom is -0.461 e. The van der Waals surface area contributed by atoms with Crippen molar-refractivity contribution in [3.8, 4) is 5.75 Å². The molecular formula is C27H47N2O4+. The molecule has 0 N–H and O–H groups in total. The van der Waals surface area contributed by atoms with Gasteiger partial charge in [-0.3, -0.25) is 9.78 Å². The van der Waals surface area contributed by atoms with Crippen molar-refractivity contribution in [1.29, 1.82) is 0 Å². The Labute approximate surface area is 201 Å². The van der Waals surface area contributed by atoms with E-state index < -0.39 is 5.79 Å². The normalized spacial score (nSPS) is 15.1. The molecule has 33 heavy (non-hydrogen) atoms. The zero-order chi connectivity index (χ0) is 24.3. The molecule has 0 unspecified atom stereocenters. The second-order valence-corrected chi connectivity index (χ2v) is 10.6. The number of ether oxygens (including phenoxy) is 3. The monoisotopic (exact) mass is 463 g/mol. The van der Waals surface area contributed by atoms with Gasteiger partial charge in [0, 0.05) is 37.6 Å². The molecule has 0 atom stereocenters. The maximum atomic E-state index is 12.1. The number of nitrogens with zero attached hydrogens (tertiary/aromatic N) is 2. The fraction of sp³-hybridized carbons (Fsp3) is 0.778. The van der Waals surface area contributed by atoms with Crippen LogP contribution in [0.4, 0.5) is 0 Å². The number of rotatable bonds is 15. The van der Waals surface area contributed by atoms with E-state index in [9.17, 15) is 4.79 Å². The second kappa shape index (κ2) is 13.3. The summed E-state index contributed by atoms with van der Waals surface area (Å²) in [5, 5.41) is 0.